The van der Waals surface area contributed by atoms with Crippen LogP contribution in [0.15, 0.2) is 35.1 Å². The van der Waals surface area contributed by atoms with Crippen LogP contribution in [0.25, 0.3) is 10.9 Å². The van der Waals surface area contributed by atoms with Gasteiger partial charge < -0.3 is 9.88 Å². The van der Waals surface area contributed by atoms with Crippen LogP contribution in [0.1, 0.15) is 29.1 Å². The molecule has 2 heterocycles. The summed E-state index contributed by atoms with van der Waals surface area (Å²) < 4.78 is 3.88. The summed E-state index contributed by atoms with van der Waals surface area (Å²) in [5, 5.41) is 8.12. The van der Waals surface area contributed by atoms with Crippen LogP contribution in [0.2, 0.25) is 0 Å². The molecule has 27 heavy (non-hydrogen) atoms. The van der Waals surface area contributed by atoms with Gasteiger partial charge in [0.1, 0.15) is 6.54 Å². The van der Waals surface area contributed by atoms with Crippen LogP contribution >= 0.6 is 0 Å². The molecule has 0 fully saturated rings. The fraction of sp³-hybridized carbons (Fsp3) is 0.381. The number of amides is 1. The Morgan fingerprint density at radius 1 is 1.15 bits per heavy atom. The maximum absolute atomic E-state index is 12.4. The maximum atomic E-state index is 12.4. The third kappa shape index (κ3) is 3.94. The molecule has 2 aromatic heterocycles. The fourth-order valence-electron chi connectivity index (χ4n) is 3.32. The number of aryl methyl sites for hydroxylation is 3. The lowest BCUT2D eigenvalue weighted by atomic mass is 10.2. The highest BCUT2D eigenvalue weighted by Gasteiger charge is 2.10. The highest BCUT2D eigenvalue weighted by Crippen LogP contribution is 2.13. The summed E-state index contributed by atoms with van der Waals surface area (Å²) in [6.45, 7) is 9.58. The van der Waals surface area contributed by atoms with Crippen molar-refractivity contribution in [1.29, 1.82) is 0 Å². The van der Waals surface area contributed by atoms with Crippen LogP contribution in [0.3, 0.4) is 0 Å². The van der Waals surface area contributed by atoms with E-state index >= 15 is 0 Å². The van der Waals surface area contributed by atoms with Gasteiger partial charge in [0.25, 0.3) is 0 Å². The summed E-state index contributed by atoms with van der Waals surface area (Å²) in [6.07, 6.45) is 0.817. The van der Waals surface area contributed by atoms with Crippen molar-refractivity contribution in [3.8, 4) is 0 Å². The normalized spacial score (nSPS) is 11.1. The summed E-state index contributed by atoms with van der Waals surface area (Å²) in [6, 6.07) is 8.97. The van der Waals surface area contributed by atoms with E-state index in [2.05, 4.69) is 24.3 Å². The van der Waals surface area contributed by atoms with E-state index in [-0.39, 0.29) is 17.9 Å². The standard InChI is InChI=1S/C21H26N4O2/c1-14-12-20(26)18-8-5-6-9-19(18)24(14)13-21(27)22-10-7-11-25-17(4)15(2)16(3)23-25/h5-6,8-9,12H,7,10-11,13H2,1-4H3,(H,22,27). The van der Waals surface area contributed by atoms with Gasteiger partial charge in [-0.2, -0.15) is 5.10 Å². The molecule has 0 saturated carbocycles. The number of pyridine rings is 1. The highest BCUT2D eigenvalue weighted by atomic mass is 16.2. The average Bonchev–Trinajstić information content (AvgIpc) is 2.89. The largest absolute Gasteiger partial charge is 0.354 e. The Bertz CT molecular complexity index is 1050. The Labute approximate surface area is 158 Å². The average molecular weight is 366 g/mol. The van der Waals surface area contributed by atoms with Crippen molar-refractivity contribution < 1.29 is 4.79 Å². The molecule has 1 N–H and O–H groups in total. The van der Waals surface area contributed by atoms with Gasteiger partial charge in [-0.25, -0.2) is 0 Å². The lowest BCUT2D eigenvalue weighted by molar-refractivity contribution is -0.121. The van der Waals surface area contributed by atoms with Gasteiger partial charge in [0, 0.05) is 35.9 Å². The summed E-state index contributed by atoms with van der Waals surface area (Å²) >= 11 is 0. The van der Waals surface area contributed by atoms with Gasteiger partial charge in [0.2, 0.25) is 5.91 Å². The Kier molecular flexibility index (Phi) is 5.44. The minimum absolute atomic E-state index is 0.0139. The van der Waals surface area contributed by atoms with Crippen molar-refractivity contribution in [2.24, 2.45) is 0 Å². The van der Waals surface area contributed by atoms with Crippen LogP contribution in [0.5, 0.6) is 0 Å². The molecule has 6 nitrogen and oxygen atoms in total. The Hall–Kier alpha value is -2.89. The van der Waals surface area contributed by atoms with E-state index in [1.54, 1.807) is 12.1 Å². The molecule has 6 heteroatoms. The molecule has 0 saturated heterocycles. The molecule has 0 aliphatic carbocycles. The van der Waals surface area contributed by atoms with Gasteiger partial charge in [-0.05, 0) is 51.8 Å². The van der Waals surface area contributed by atoms with E-state index in [0.717, 1.165) is 29.9 Å². The van der Waals surface area contributed by atoms with Gasteiger partial charge in [0.05, 0.1) is 11.2 Å². The Morgan fingerprint density at radius 2 is 1.89 bits per heavy atom. The molecular formula is C21H26N4O2. The zero-order valence-electron chi connectivity index (χ0n) is 16.4. The van der Waals surface area contributed by atoms with Crippen molar-refractivity contribution >= 4 is 16.8 Å². The number of carbonyl (C=O) groups is 1. The second-order valence-electron chi connectivity index (χ2n) is 6.98. The Morgan fingerprint density at radius 3 is 2.59 bits per heavy atom. The second-order valence-corrected chi connectivity index (χ2v) is 6.98. The van der Waals surface area contributed by atoms with Crippen LogP contribution < -0.4 is 10.7 Å². The minimum atomic E-state index is -0.0588. The maximum Gasteiger partial charge on any atom is 0.239 e. The summed E-state index contributed by atoms with van der Waals surface area (Å²) in [7, 11) is 0. The number of para-hydroxylation sites is 1. The molecule has 0 radical (unpaired) electrons. The number of aromatic nitrogens is 3. The van der Waals surface area contributed by atoms with Crippen LogP contribution in [0, 0.1) is 27.7 Å². The summed E-state index contributed by atoms with van der Waals surface area (Å²) in [5.74, 6) is -0.0588. The number of nitrogens with zero attached hydrogens (tertiary/aromatic N) is 3. The lowest BCUT2D eigenvalue weighted by Crippen LogP contribution is -2.30. The van der Waals surface area contributed by atoms with Gasteiger partial charge in [0.15, 0.2) is 5.43 Å². The predicted octanol–water partition coefficient (Wildman–Crippen LogP) is 2.64. The van der Waals surface area contributed by atoms with Crippen LogP contribution in [-0.2, 0) is 17.9 Å². The molecule has 0 bridgehead atoms. The second kappa shape index (κ2) is 7.78. The minimum Gasteiger partial charge on any atom is -0.354 e. The van der Waals surface area contributed by atoms with Crippen LogP contribution in [0.4, 0.5) is 0 Å². The third-order valence-corrected chi connectivity index (χ3v) is 5.14. The SMILES string of the molecule is Cc1nn(CCCNC(=O)Cn2c(C)cc(=O)c3ccccc32)c(C)c1C. The van der Waals surface area contributed by atoms with Crippen molar-refractivity contribution in [3.05, 3.63) is 63.2 Å². The van der Waals surface area contributed by atoms with E-state index in [4.69, 9.17) is 0 Å². The molecule has 0 unspecified atom stereocenters. The van der Waals surface area contributed by atoms with Crippen molar-refractivity contribution in [2.45, 2.75) is 47.2 Å². The highest BCUT2D eigenvalue weighted by molar-refractivity contribution is 5.82. The molecular weight excluding hydrogens is 340 g/mol. The number of hydrogen-bond acceptors (Lipinski definition) is 3. The number of hydrogen-bond donors (Lipinski definition) is 1. The molecule has 3 aromatic rings. The predicted molar refractivity (Wildman–Crippen MR) is 107 cm³/mol. The van der Waals surface area contributed by atoms with Crippen molar-refractivity contribution in [2.75, 3.05) is 6.54 Å². The molecule has 1 aromatic carbocycles. The van der Waals surface area contributed by atoms with Gasteiger partial charge in [-0.15, -0.1) is 0 Å². The number of nitrogens with one attached hydrogen (secondary N) is 1. The van der Waals surface area contributed by atoms with E-state index in [9.17, 15) is 9.59 Å². The monoisotopic (exact) mass is 366 g/mol. The van der Waals surface area contributed by atoms with Gasteiger partial charge >= 0.3 is 0 Å². The van der Waals surface area contributed by atoms with Crippen molar-refractivity contribution in [1.82, 2.24) is 19.7 Å². The molecule has 3 rings (SSSR count). The van der Waals surface area contributed by atoms with Gasteiger partial charge in [-0.1, -0.05) is 12.1 Å². The molecule has 0 aliphatic rings. The zero-order valence-corrected chi connectivity index (χ0v) is 16.4. The van der Waals surface area contributed by atoms with Crippen LogP contribution in [-0.4, -0.2) is 26.8 Å². The number of rotatable bonds is 6. The summed E-state index contributed by atoms with van der Waals surface area (Å²) in [5.41, 5.74) is 5.01. The molecule has 0 spiro atoms. The molecule has 0 aliphatic heterocycles. The molecule has 0 atom stereocenters. The first-order valence-corrected chi connectivity index (χ1v) is 9.25. The van der Waals surface area contributed by atoms with E-state index in [0.29, 0.717) is 11.9 Å². The number of fused-ring (bicyclic) bond motifs is 1. The smallest absolute Gasteiger partial charge is 0.239 e. The third-order valence-electron chi connectivity index (χ3n) is 5.14. The molecule has 142 valence electrons. The first kappa shape index (κ1) is 18.9. The zero-order chi connectivity index (χ0) is 19.6. The van der Waals surface area contributed by atoms with E-state index in [1.807, 2.05) is 41.3 Å². The topological polar surface area (TPSA) is 68.9 Å². The van der Waals surface area contributed by atoms with E-state index in [1.165, 1.54) is 11.3 Å². The van der Waals surface area contributed by atoms with Gasteiger partial charge in [-0.3, -0.25) is 14.3 Å². The quantitative estimate of drug-likeness (QED) is 0.682. The Balaban J connectivity index is 1.61. The lowest BCUT2D eigenvalue weighted by Gasteiger charge is -2.14. The number of benzene rings is 1. The van der Waals surface area contributed by atoms with Crippen molar-refractivity contribution in [3.63, 3.8) is 0 Å². The number of carbonyl (C=O) groups excluding carboxylic acids is 1. The first-order chi connectivity index (χ1) is 12.9. The van der Waals surface area contributed by atoms with E-state index < -0.39 is 0 Å². The fourth-order valence-corrected chi connectivity index (χ4v) is 3.32. The first-order valence-electron chi connectivity index (χ1n) is 9.25. The molecule has 1 amide bonds. The summed E-state index contributed by atoms with van der Waals surface area (Å²) in [4.78, 5) is 24.5.